The van der Waals surface area contributed by atoms with Crippen molar-refractivity contribution in [2.45, 2.75) is 17.2 Å². The van der Waals surface area contributed by atoms with Crippen LogP contribution in [-0.2, 0) is 11.0 Å². The summed E-state index contributed by atoms with van der Waals surface area (Å²) in [5, 5.41) is 3.55. The molecule has 5 nitrogen and oxygen atoms in total. The number of benzene rings is 3. The number of halogens is 3. The van der Waals surface area contributed by atoms with Crippen molar-refractivity contribution in [3.8, 4) is 5.75 Å². The van der Waals surface area contributed by atoms with Crippen molar-refractivity contribution in [2.24, 2.45) is 0 Å². The molecule has 0 saturated heterocycles. The molecule has 1 atom stereocenters. The fraction of sp³-hybridized carbons (Fsp3) is 0.160. The van der Waals surface area contributed by atoms with Gasteiger partial charge in [0.1, 0.15) is 10.8 Å². The summed E-state index contributed by atoms with van der Waals surface area (Å²) in [6.07, 6.45) is -4.69. The average molecular weight is 484 g/mol. The minimum Gasteiger partial charge on any atom is -0.497 e. The number of aromatic nitrogens is 2. The summed E-state index contributed by atoms with van der Waals surface area (Å²) in [7, 11) is 1.57. The Hall–Kier alpha value is -3.59. The maximum atomic E-state index is 13.3. The van der Waals surface area contributed by atoms with E-state index in [0.717, 1.165) is 22.9 Å². The van der Waals surface area contributed by atoms with Crippen molar-refractivity contribution in [2.75, 3.05) is 12.9 Å². The van der Waals surface area contributed by atoms with Crippen LogP contribution in [0.4, 0.5) is 13.2 Å². The van der Waals surface area contributed by atoms with Gasteiger partial charge in [-0.25, -0.2) is 9.97 Å². The van der Waals surface area contributed by atoms with Gasteiger partial charge < -0.3 is 10.1 Å². The van der Waals surface area contributed by atoms with Crippen LogP contribution in [0, 0.1) is 0 Å². The van der Waals surface area contributed by atoms with Crippen molar-refractivity contribution < 1.29 is 22.7 Å². The molecule has 1 amide bonds. The van der Waals surface area contributed by atoms with Crippen LogP contribution in [0.15, 0.2) is 83.9 Å². The van der Waals surface area contributed by atoms with Crippen LogP contribution in [0.2, 0.25) is 0 Å². The van der Waals surface area contributed by atoms with Crippen LogP contribution < -0.4 is 10.1 Å². The molecular weight excluding hydrogens is 463 g/mol. The fourth-order valence-corrected chi connectivity index (χ4v) is 4.25. The Morgan fingerprint density at radius 2 is 1.59 bits per heavy atom. The fourth-order valence-electron chi connectivity index (χ4n) is 3.42. The topological polar surface area (TPSA) is 64.1 Å². The quantitative estimate of drug-likeness (QED) is 0.272. The molecule has 4 rings (SSSR count). The molecule has 0 bridgehead atoms. The Morgan fingerprint density at radius 3 is 2.26 bits per heavy atom. The summed E-state index contributed by atoms with van der Waals surface area (Å²) < 4.78 is 45.0. The number of ether oxygens (including phenoxy) is 1. The number of para-hydroxylation sites is 1. The summed E-state index contributed by atoms with van der Waals surface area (Å²) in [5.74, 6) is -0.994. The van der Waals surface area contributed by atoms with E-state index in [1.54, 1.807) is 37.4 Å². The van der Waals surface area contributed by atoms with Crippen LogP contribution in [0.25, 0.3) is 10.9 Å². The second-order valence-electron chi connectivity index (χ2n) is 7.34. The van der Waals surface area contributed by atoms with Crippen LogP contribution in [0.5, 0.6) is 5.75 Å². The number of rotatable bonds is 7. The van der Waals surface area contributed by atoms with Gasteiger partial charge in [0.25, 0.3) is 0 Å². The second-order valence-corrected chi connectivity index (χ2v) is 8.30. The molecule has 0 aliphatic heterocycles. The normalized spacial score (nSPS) is 12.4. The minimum absolute atomic E-state index is 0.105. The van der Waals surface area contributed by atoms with E-state index in [0.29, 0.717) is 11.1 Å². The Kier molecular flexibility index (Phi) is 7.02. The predicted molar refractivity (Wildman–Crippen MR) is 125 cm³/mol. The maximum Gasteiger partial charge on any atom is 0.451 e. The third kappa shape index (κ3) is 5.48. The third-order valence-corrected chi connectivity index (χ3v) is 6.04. The molecule has 1 heterocycles. The Labute approximate surface area is 198 Å². The Bertz CT molecular complexity index is 1280. The van der Waals surface area contributed by atoms with Gasteiger partial charge in [0.05, 0.1) is 24.4 Å². The summed E-state index contributed by atoms with van der Waals surface area (Å²) in [6.45, 7) is 0. The van der Waals surface area contributed by atoms with Crippen LogP contribution >= 0.6 is 11.8 Å². The van der Waals surface area contributed by atoms with Crippen LogP contribution in [0.1, 0.15) is 23.0 Å². The standard InChI is InChI=1S/C25H20F3N3O2S/c1-33-18-13-11-17(12-14-18)22(16-7-3-2-4-8-16)30-21(32)15-34-23-19-9-5-6-10-20(19)29-24(31-23)25(26,27)28/h2-14,22H,15H2,1H3,(H,30,32). The highest BCUT2D eigenvalue weighted by atomic mass is 32.2. The largest absolute Gasteiger partial charge is 0.497 e. The average Bonchev–Trinajstić information content (AvgIpc) is 2.85. The number of hydrogen-bond donors (Lipinski definition) is 1. The molecule has 0 aliphatic carbocycles. The number of thioether (sulfide) groups is 1. The first-order valence-electron chi connectivity index (χ1n) is 10.3. The van der Waals surface area contributed by atoms with E-state index in [4.69, 9.17) is 4.74 Å². The first-order valence-corrected chi connectivity index (χ1v) is 11.3. The number of alkyl halides is 3. The number of fused-ring (bicyclic) bond motifs is 1. The molecule has 0 fully saturated rings. The number of hydrogen-bond acceptors (Lipinski definition) is 5. The highest BCUT2D eigenvalue weighted by Gasteiger charge is 2.35. The van der Waals surface area contributed by atoms with E-state index in [1.165, 1.54) is 6.07 Å². The smallest absolute Gasteiger partial charge is 0.451 e. The summed E-state index contributed by atoms with van der Waals surface area (Å²) in [5.41, 5.74) is 1.89. The van der Waals surface area contributed by atoms with Gasteiger partial charge in [0, 0.05) is 5.39 Å². The second kappa shape index (κ2) is 10.1. The summed E-state index contributed by atoms with van der Waals surface area (Å²) in [6, 6.07) is 22.7. The molecule has 0 spiro atoms. The third-order valence-electron chi connectivity index (χ3n) is 5.05. The molecule has 3 aromatic carbocycles. The van der Waals surface area contributed by atoms with Crippen molar-refractivity contribution in [3.05, 3.63) is 95.8 Å². The highest BCUT2D eigenvalue weighted by Crippen LogP contribution is 2.32. The molecule has 0 saturated carbocycles. The molecule has 4 aromatic rings. The van der Waals surface area contributed by atoms with Gasteiger partial charge in [0.15, 0.2) is 0 Å². The first-order chi connectivity index (χ1) is 16.3. The van der Waals surface area contributed by atoms with Gasteiger partial charge in [-0.2, -0.15) is 13.2 Å². The molecule has 0 aliphatic rings. The lowest BCUT2D eigenvalue weighted by atomic mass is 9.98. The van der Waals surface area contributed by atoms with Crippen LogP contribution in [-0.4, -0.2) is 28.7 Å². The van der Waals surface area contributed by atoms with Gasteiger partial charge in [0.2, 0.25) is 11.7 Å². The van der Waals surface area contributed by atoms with Gasteiger partial charge in [-0.05, 0) is 29.3 Å². The van der Waals surface area contributed by atoms with E-state index in [1.807, 2.05) is 42.5 Å². The number of methoxy groups -OCH3 is 1. The lowest BCUT2D eigenvalue weighted by Crippen LogP contribution is -2.30. The van der Waals surface area contributed by atoms with E-state index in [2.05, 4.69) is 15.3 Å². The molecule has 1 aromatic heterocycles. The molecule has 34 heavy (non-hydrogen) atoms. The Morgan fingerprint density at radius 1 is 0.941 bits per heavy atom. The van der Waals surface area contributed by atoms with Gasteiger partial charge in [-0.1, -0.05) is 72.4 Å². The molecule has 0 radical (unpaired) electrons. The van der Waals surface area contributed by atoms with E-state index in [9.17, 15) is 18.0 Å². The minimum atomic E-state index is -4.69. The Balaban J connectivity index is 1.56. The highest BCUT2D eigenvalue weighted by molar-refractivity contribution is 8.00. The van der Waals surface area contributed by atoms with E-state index >= 15 is 0 Å². The van der Waals surface area contributed by atoms with Crippen LogP contribution in [0.3, 0.4) is 0 Å². The first kappa shape index (κ1) is 23.6. The van der Waals surface area contributed by atoms with Gasteiger partial charge in [-0.15, -0.1) is 0 Å². The summed E-state index contributed by atoms with van der Waals surface area (Å²) >= 11 is 0.944. The zero-order valence-corrected chi connectivity index (χ0v) is 18.9. The number of carbonyl (C=O) groups is 1. The number of amides is 1. The van der Waals surface area contributed by atoms with Gasteiger partial charge >= 0.3 is 6.18 Å². The number of nitrogens with one attached hydrogen (secondary N) is 1. The SMILES string of the molecule is COc1ccc(C(NC(=O)CSc2nc(C(F)(F)F)nc3ccccc23)c2ccccc2)cc1. The monoisotopic (exact) mass is 483 g/mol. The molecule has 174 valence electrons. The predicted octanol–water partition coefficient (Wildman–Crippen LogP) is 5.66. The molecular formula is C25H20F3N3O2S. The van der Waals surface area contributed by atoms with Crippen molar-refractivity contribution in [1.29, 1.82) is 0 Å². The molecule has 9 heteroatoms. The van der Waals surface area contributed by atoms with E-state index < -0.39 is 18.0 Å². The van der Waals surface area contributed by atoms with Crippen molar-refractivity contribution >= 4 is 28.6 Å². The van der Waals surface area contributed by atoms with Gasteiger partial charge in [-0.3, -0.25) is 4.79 Å². The zero-order chi connectivity index (χ0) is 24.1. The number of nitrogens with zero attached hydrogens (tertiary/aromatic N) is 2. The number of carbonyl (C=O) groups excluding carboxylic acids is 1. The van der Waals surface area contributed by atoms with Crippen molar-refractivity contribution in [3.63, 3.8) is 0 Å². The zero-order valence-electron chi connectivity index (χ0n) is 18.0. The molecule has 1 N–H and O–H groups in total. The molecule has 1 unspecified atom stereocenters. The van der Waals surface area contributed by atoms with E-state index in [-0.39, 0.29) is 22.2 Å². The van der Waals surface area contributed by atoms with Crippen molar-refractivity contribution in [1.82, 2.24) is 15.3 Å². The lowest BCUT2D eigenvalue weighted by molar-refractivity contribution is -0.145. The lowest BCUT2D eigenvalue weighted by Gasteiger charge is -2.20. The summed E-state index contributed by atoms with van der Waals surface area (Å²) in [4.78, 5) is 20.2. The maximum absolute atomic E-state index is 13.3.